The molecule has 1 rings (SSSR count). The van der Waals surface area contributed by atoms with Gasteiger partial charge in [-0.1, -0.05) is 0 Å². The maximum absolute atomic E-state index is 9.65. The van der Waals surface area contributed by atoms with E-state index in [2.05, 4.69) is 5.32 Å². The normalized spacial score (nSPS) is 12.5. The Morgan fingerprint density at radius 1 is 1.40 bits per heavy atom. The van der Waals surface area contributed by atoms with Gasteiger partial charge in [-0.2, -0.15) is 0 Å². The molecule has 0 aromatic heterocycles. The Morgan fingerprint density at radius 2 is 2.07 bits per heavy atom. The Labute approximate surface area is 87.9 Å². The first kappa shape index (κ1) is 11.6. The van der Waals surface area contributed by atoms with Crippen molar-refractivity contribution in [3.05, 3.63) is 17.7 Å². The summed E-state index contributed by atoms with van der Waals surface area (Å²) >= 11 is 0. The van der Waals surface area contributed by atoms with Gasteiger partial charge in [-0.25, -0.2) is 0 Å². The third kappa shape index (κ3) is 2.51. The van der Waals surface area contributed by atoms with Crippen LogP contribution in [-0.2, 0) is 0 Å². The summed E-state index contributed by atoms with van der Waals surface area (Å²) in [5, 5.41) is 31.2. The number of ether oxygens (including phenoxy) is 1. The number of methoxy groups -OCH3 is 1. The maximum atomic E-state index is 9.65. The van der Waals surface area contributed by atoms with Crippen molar-refractivity contribution in [3.8, 4) is 17.2 Å². The first-order valence-electron chi connectivity index (χ1n) is 4.52. The molecule has 15 heavy (non-hydrogen) atoms. The number of hydrogen-bond acceptors (Lipinski definition) is 5. The minimum absolute atomic E-state index is 0.139. The quantitative estimate of drug-likeness (QED) is 0.543. The van der Waals surface area contributed by atoms with E-state index in [0.29, 0.717) is 12.1 Å². The molecule has 5 nitrogen and oxygen atoms in total. The SMILES string of the molecule is CNCC(O)c1cc(O)c(O)c(OC)c1. The van der Waals surface area contributed by atoms with Crippen molar-refractivity contribution in [3.63, 3.8) is 0 Å². The van der Waals surface area contributed by atoms with Crippen molar-refractivity contribution in [2.45, 2.75) is 6.10 Å². The van der Waals surface area contributed by atoms with Gasteiger partial charge in [0.15, 0.2) is 11.5 Å². The molecule has 0 spiro atoms. The summed E-state index contributed by atoms with van der Waals surface area (Å²) in [6.07, 6.45) is -0.754. The summed E-state index contributed by atoms with van der Waals surface area (Å²) in [5.41, 5.74) is 0.483. The largest absolute Gasteiger partial charge is 0.504 e. The predicted molar refractivity (Wildman–Crippen MR) is 55.2 cm³/mol. The highest BCUT2D eigenvalue weighted by molar-refractivity contribution is 5.52. The minimum atomic E-state index is -0.754. The molecule has 0 aliphatic rings. The summed E-state index contributed by atoms with van der Waals surface area (Å²) in [6, 6.07) is 2.79. The molecule has 0 fully saturated rings. The molecule has 1 aromatic carbocycles. The second-order valence-corrected chi connectivity index (χ2v) is 3.16. The summed E-state index contributed by atoms with van der Waals surface area (Å²) in [4.78, 5) is 0. The Hall–Kier alpha value is -1.46. The van der Waals surface area contributed by atoms with Crippen molar-refractivity contribution < 1.29 is 20.1 Å². The molecular weight excluding hydrogens is 198 g/mol. The lowest BCUT2D eigenvalue weighted by molar-refractivity contribution is 0.176. The van der Waals surface area contributed by atoms with Crippen molar-refractivity contribution in [2.75, 3.05) is 20.7 Å². The van der Waals surface area contributed by atoms with E-state index in [-0.39, 0.29) is 17.2 Å². The highest BCUT2D eigenvalue weighted by Crippen LogP contribution is 2.37. The minimum Gasteiger partial charge on any atom is -0.504 e. The van der Waals surface area contributed by atoms with Gasteiger partial charge in [0.2, 0.25) is 5.75 Å². The highest BCUT2D eigenvalue weighted by Gasteiger charge is 2.14. The van der Waals surface area contributed by atoms with E-state index in [4.69, 9.17) is 4.74 Å². The van der Waals surface area contributed by atoms with Crippen LogP contribution in [0.5, 0.6) is 17.2 Å². The average molecular weight is 213 g/mol. The Morgan fingerprint density at radius 3 is 2.60 bits per heavy atom. The molecule has 5 heteroatoms. The van der Waals surface area contributed by atoms with Gasteiger partial charge in [0.05, 0.1) is 13.2 Å². The van der Waals surface area contributed by atoms with Gasteiger partial charge in [0.25, 0.3) is 0 Å². The van der Waals surface area contributed by atoms with Gasteiger partial charge in [-0.3, -0.25) is 0 Å². The number of nitrogens with one attached hydrogen (secondary N) is 1. The van der Waals surface area contributed by atoms with Gasteiger partial charge < -0.3 is 25.4 Å². The smallest absolute Gasteiger partial charge is 0.200 e. The van der Waals surface area contributed by atoms with Crippen molar-refractivity contribution in [1.29, 1.82) is 0 Å². The number of aromatic hydroxyl groups is 2. The number of hydrogen-bond donors (Lipinski definition) is 4. The number of phenols is 2. The van der Waals surface area contributed by atoms with Crippen LogP contribution >= 0.6 is 0 Å². The van der Waals surface area contributed by atoms with Gasteiger partial charge in [0, 0.05) is 6.54 Å². The number of rotatable bonds is 4. The number of phenolic OH excluding ortho intramolecular Hbond substituents is 2. The number of likely N-dealkylation sites (N-methyl/N-ethyl adjacent to an activating group) is 1. The van der Waals surface area contributed by atoms with Gasteiger partial charge in [0.1, 0.15) is 0 Å². The number of aliphatic hydroxyl groups excluding tert-OH is 1. The Bertz CT molecular complexity index is 340. The van der Waals surface area contributed by atoms with Crippen LogP contribution in [0.25, 0.3) is 0 Å². The monoisotopic (exact) mass is 213 g/mol. The first-order valence-corrected chi connectivity index (χ1v) is 4.52. The summed E-state index contributed by atoms with van der Waals surface area (Å²) in [6.45, 7) is 0.355. The second kappa shape index (κ2) is 4.86. The molecule has 1 atom stereocenters. The molecule has 0 aliphatic heterocycles. The van der Waals surface area contributed by atoms with E-state index in [0.717, 1.165) is 0 Å². The average Bonchev–Trinajstić information content (AvgIpc) is 2.22. The molecule has 1 unspecified atom stereocenters. The Balaban J connectivity index is 3.05. The fourth-order valence-electron chi connectivity index (χ4n) is 1.27. The van der Waals surface area contributed by atoms with Gasteiger partial charge >= 0.3 is 0 Å². The van der Waals surface area contributed by atoms with Crippen molar-refractivity contribution in [1.82, 2.24) is 5.32 Å². The fourth-order valence-corrected chi connectivity index (χ4v) is 1.27. The molecule has 1 aromatic rings. The van der Waals surface area contributed by atoms with Crippen LogP contribution in [0.1, 0.15) is 11.7 Å². The van der Waals surface area contributed by atoms with Crippen LogP contribution in [0.4, 0.5) is 0 Å². The molecule has 0 bridgehead atoms. The summed E-state index contributed by atoms with van der Waals surface area (Å²) in [7, 11) is 3.09. The van der Waals surface area contributed by atoms with E-state index < -0.39 is 6.10 Å². The first-order chi connectivity index (χ1) is 7.10. The van der Waals surface area contributed by atoms with Crippen molar-refractivity contribution >= 4 is 0 Å². The summed E-state index contributed by atoms with van der Waals surface area (Å²) < 4.78 is 4.85. The second-order valence-electron chi connectivity index (χ2n) is 3.16. The van der Waals surface area contributed by atoms with Gasteiger partial charge in [-0.05, 0) is 24.7 Å². The van der Waals surface area contributed by atoms with Crippen molar-refractivity contribution in [2.24, 2.45) is 0 Å². The topological polar surface area (TPSA) is 82.0 Å². The van der Waals surface area contributed by atoms with E-state index in [1.54, 1.807) is 7.05 Å². The van der Waals surface area contributed by atoms with Crippen LogP contribution in [-0.4, -0.2) is 36.0 Å². The molecule has 4 N–H and O–H groups in total. The third-order valence-electron chi connectivity index (χ3n) is 2.08. The lowest BCUT2D eigenvalue weighted by Crippen LogP contribution is -2.16. The standard InChI is InChI=1S/C10H15NO4/c1-11-5-8(13)6-3-7(12)10(14)9(4-6)15-2/h3-4,8,11-14H,5H2,1-2H3. The van der Waals surface area contributed by atoms with E-state index in [1.165, 1.54) is 19.2 Å². The molecule has 0 radical (unpaired) electrons. The maximum Gasteiger partial charge on any atom is 0.200 e. The van der Waals surface area contributed by atoms with E-state index in [1.807, 2.05) is 0 Å². The molecule has 0 amide bonds. The lowest BCUT2D eigenvalue weighted by Gasteiger charge is -2.13. The van der Waals surface area contributed by atoms with Crippen LogP contribution in [0.2, 0.25) is 0 Å². The van der Waals surface area contributed by atoms with E-state index >= 15 is 0 Å². The van der Waals surface area contributed by atoms with Crippen LogP contribution < -0.4 is 10.1 Å². The van der Waals surface area contributed by atoms with Gasteiger partial charge in [-0.15, -0.1) is 0 Å². The summed E-state index contributed by atoms with van der Waals surface area (Å²) in [5.74, 6) is -0.488. The zero-order chi connectivity index (χ0) is 11.4. The number of aliphatic hydroxyl groups is 1. The molecule has 84 valence electrons. The zero-order valence-electron chi connectivity index (χ0n) is 8.69. The lowest BCUT2D eigenvalue weighted by atomic mass is 10.1. The number of benzene rings is 1. The van der Waals surface area contributed by atoms with Crippen LogP contribution in [0.15, 0.2) is 12.1 Å². The van der Waals surface area contributed by atoms with Crippen LogP contribution in [0, 0.1) is 0 Å². The molecular formula is C10H15NO4. The zero-order valence-corrected chi connectivity index (χ0v) is 8.69. The third-order valence-corrected chi connectivity index (χ3v) is 2.08. The Kier molecular flexibility index (Phi) is 3.76. The van der Waals surface area contributed by atoms with Crippen LogP contribution in [0.3, 0.4) is 0 Å². The molecule has 0 saturated heterocycles. The molecule has 0 saturated carbocycles. The molecule has 0 aliphatic carbocycles. The fraction of sp³-hybridized carbons (Fsp3) is 0.400. The highest BCUT2D eigenvalue weighted by atomic mass is 16.5. The molecule has 0 heterocycles. The van der Waals surface area contributed by atoms with E-state index in [9.17, 15) is 15.3 Å². The predicted octanol–water partition coefficient (Wildman–Crippen LogP) is 0.359.